The maximum Gasteiger partial charge on any atom is 0.326 e. The van der Waals surface area contributed by atoms with E-state index in [9.17, 15) is 106 Å². The van der Waals surface area contributed by atoms with Gasteiger partial charge in [0.2, 0.25) is 94.5 Å². The lowest BCUT2D eigenvalue weighted by Crippen LogP contribution is -2.62. The fourth-order valence-corrected chi connectivity index (χ4v) is 13.0. The predicted octanol–water partition coefficient (Wildman–Crippen LogP) is -7.67. The molecule has 3 rings (SSSR count). The van der Waals surface area contributed by atoms with Gasteiger partial charge in [0.1, 0.15) is 78.5 Å². The van der Waals surface area contributed by atoms with Gasteiger partial charge >= 0.3 is 17.9 Å². The van der Waals surface area contributed by atoms with Gasteiger partial charge in [0, 0.05) is 57.2 Å². The zero-order chi connectivity index (χ0) is 94.8. The monoisotopic (exact) mass is 1780 g/mol. The van der Waals surface area contributed by atoms with Gasteiger partial charge in [0.25, 0.3) is 0 Å². The summed E-state index contributed by atoms with van der Waals surface area (Å²) in [5.74, 6) is -23.9. The van der Waals surface area contributed by atoms with Gasteiger partial charge in [-0.3, -0.25) is 97.1 Å². The molecule has 0 radical (unpaired) electrons. The van der Waals surface area contributed by atoms with Crippen LogP contribution in [0.15, 0.2) is 42.9 Å². The molecular weight excluding hydrogens is 1660 g/mol. The lowest BCUT2D eigenvalue weighted by atomic mass is 9.96. The number of aromatic amines is 1. The smallest absolute Gasteiger partial charge is 0.326 e. The van der Waals surface area contributed by atoms with E-state index in [2.05, 4.69) is 89.7 Å². The number of nitrogens with zero attached hydrogens (tertiary/aromatic N) is 2. The van der Waals surface area contributed by atoms with Crippen molar-refractivity contribution < 1.29 is 112 Å². The molecule has 2 heterocycles. The molecule has 32 N–H and O–H groups in total. The van der Waals surface area contributed by atoms with E-state index in [0.717, 1.165) is 0 Å². The van der Waals surface area contributed by atoms with Crippen LogP contribution in [0.5, 0.6) is 0 Å². The number of carbonyl (C=O) groups is 19. The molecule has 0 unspecified atom stereocenters. The minimum atomic E-state index is -2.10. The van der Waals surface area contributed by atoms with Crippen LogP contribution in [0.2, 0.25) is 0 Å². The second-order valence-corrected chi connectivity index (χ2v) is 31.7. The summed E-state index contributed by atoms with van der Waals surface area (Å²) in [5.41, 5.74) is 28.1. The van der Waals surface area contributed by atoms with Crippen molar-refractivity contribution in [2.24, 2.45) is 52.3 Å². The molecule has 1 aliphatic rings. The van der Waals surface area contributed by atoms with Crippen LogP contribution in [0.3, 0.4) is 0 Å². The molecule has 16 amide bonds. The number of hydrogen-bond acceptors (Lipinski definition) is 24. The number of aromatic nitrogens is 2. The number of imidazole rings is 1. The van der Waals surface area contributed by atoms with Gasteiger partial charge in [0.05, 0.1) is 38.4 Å². The highest BCUT2D eigenvalue weighted by atomic mass is 16.4. The van der Waals surface area contributed by atoms with E-state index in [1.165, 1.54) is 24.3 Å². The molecule has 1 saturated heterocycles. The van der Waals surface area contributed by atoms with Crippen LogP contribution in [-0.4, -0.2) is 277 Å². The van der Waals surface area contributed by atoms with Crippen LogP contribution < -0.4 is 108 Å². The van der Waals surface area contributed by atoms with Crippen LogP contribution in [0.25, 0.3) is 0 Å². The van der Waals surface area contributed by atoms with Gasteiger partial charge in [-0.05, 0) is 93.4 Å². The Hall–Kier alpha value is -13.2. The lowest BCUT2D eigenvalue weighted by molar-refractivity contribution is -0.143. The van der Waals surface area contributed by atoms with E-state index >= 15 is 0 Å². The zero-order valence-electron chi connectivity index (χ0n) is 71.8. The summed E-state index contributed by atoms with van der Waals surface area (Å²) in [6, 6.07) is -14.1. The fraction of sp³-hybridized carbons (Fsp3) is 0.615. The van der Waals surface area contributed by atoms with Crippen molar-refractivity contribution in [1.29, 1.82) is 10.8 Å². The minimum Gasteiger partial charge on any atom is -0.481 e. The number of rotatable bonds is 58. The number of aliphatic carboxylic acids is 3. The molecule has 700 valence electrons. The summed E-state index contributed by atoms with van der Waals surface area (Å²) in [6.45, 7) is 11.2. The number of aliphatic hydroxyl groups excluding tert-OH is 1. The standard InChI is InChI=1S/C78H125N25O23/c1-9-41(8)62(74(123)98-49(30-42-16-11-10-12-17-42)68(117)92-45(18-13-25-87-77(82)83)65(114)94-47(76(125)126)19-14-26-88-78(84)85)102-71(120)54(36-104)100-66(115)46(22-23-56(80)105)93-70(119)52(33-60(110)111)97-67(116)48(28-38(2)3)96-69(118)50(31-43-34-86-37-90-43)99-73(122)61(40(6)7)101-72(121)55-20-15-27-103(55)75(124)53(29-39(4)5)91-58(107)35-89-64(113)51(32-57(81)106)95-63(112)44(79)21-24-59(108)109/h10-12,16-17,34,37-41,44-55,61-62,104H,9,13-15,18-33,35-36,79H2,1-8H3,(H2,80,105)(H2,81,106)(H,86,90)(H,89,113)(H,91,107)(H,92,117)(H,93,119)(H,94,114)(H,95,112)(H,96,118)(H,97,116)(H,98,123)(H,99,122)(H,100,115)(H,101,121)(H,102,120)(H,108,109)(H,110,111)(H,125,126)(H4,82,83,87)(H4,84,85,88)/t41-,44-,45-,46-,47-,48-,49-,50-,51-,52-,53-,54-,55-,61+,62-/m0/s1. The number of H-pyrrole nitrogens is 1. The third-order valence-corrected chi connectivity index (χ3v) is 19.9. The third kappa shape index (κ3) is 39.1. The normalized spacial score (nSPS) is 15.7. The first-order valence-corrected chi connectivity index (χ1v) is 41.2. The topological polar surface area (TPSA) is 795 Å². The van der Waals surface area contributed by atoms with Crippen LogP contribution in [0.1, 0.15) is 163 Å². The first-order chi connectivity index (χ1) is 59.2. The number of nitrogens with two attached hydrogens (primary N) is 5. The van der Waals surface area contributed by atoms with Gasteiger partial charge in [-0.1, -0.05) is 92.1 Å². The highest BCUT2D eigenvalue weighted by molar-refractivity contribution is 6.01. The molecule has 48 nitrogen and oxygen atoms in total. The van der Waals surface area contributed by atoms with Crippen LogP contribution in [0, 0.1) is 34.5 Å². The van der Waals surface area contributed by atoms with Crippen molar-refractivity contribution in [3.63, 3.8) is 0 Å². The van der Waals surface area contributed by atoms with Gasteiger partial charge < -0.3 is 139 Å². The number of likely N-dealkylation sites (tertiary alicyclic amines) is 1. The molecule has 1 fully saturated rings. The SMILES string of the molecule is CC[C@H](C)[C@H](NC(=O)[C@H](CO)NC(=O)[C@H](CCC(N)=O)NC(=O)[C@H](CC(=O)O)NC(=O)[C@H](CC(C)C)NC(=O)[C@H](Cc1cnc[nH]1)NC(=O)[C@H](NC(=O)[C@@H]1CCCN1C(=O)[C@H](CC(C)C)NC(=O)CNC(=O)[C@H](CC(N)=O)NC(=O)[C@@H](N)CCC(=O)O)C(C)C)C(=O)N[C@@H](Cc1ccccc1)C(=O)N[C@@H](CCCNC(=N)N)C(=O)N[C@@H](CCCNC(=N)N)C(=O)O. The first kappa shape index (κ1) is 107. The summed E-state index contributed by atoms with van der Waals surface area (Å²) >= 11 is 0. The summed E-state index contributed by atoms with van der Waals surface area (Å²) in [4.78, 5) is 266. The number of guanidine groups is 2. The Balaban J connectivity index is 1.90. The molecule has 2 aromatic rings. The van der Waals surface area contributed by atoms with Gasteiger partial charge in [-0.2, -0.15) is 0 Å². The highest BCUT2D eigenvalue weighted by Crippen LogP contribution is 2.23. The second-order valence-electron chi connectivity index (χ2n) is 31.7. The van der Waals surface area contributed by atoms with E-state index < -0.39 is 266 Å². The number of carboxylic acid groups (broad SMARTS) is 3. The van der Waals surface area contributed by atoms with Crippen LogP contribution in [-0.2, 0) is 104 Å². The number of nitrogens with one attached hydrogen (secondary N) is 18. The van der Waals surface area contributed by atoms with Crippen molar-refractivity contribution in [2.75, 3.05) is 32.8 Å². The van der Waals surface area contributed by atoms with Crippen LogP contribution >= 0.6 is 0 Å². The van der Waals surface area contributed by atoms with E-state index in [1.54, 1.807) is 78.8 Å². The molecule has 1 aromatic carbocycles. The van der Waals surface area contributed by atoms with E-state index in [1.807, 2.05) is 0 Å². The molecular formula is C78H125N25O23. The summed E-state index contributed by atoms with van der Waals surface area (Å²) in [5, 5.41) is 91.6. The van der Waals surface area contributed by atoms with Crippen molar-refractivity contribution in [3.05, 3.63) is 54.1 Å². The minimum absolute atomic E-state index is 0.0101. The third-order valence-electron chi connectivity index (χ3n) is 19.9. The van der Waals surface area contributed by atoms with E-state index in [0.29, 0.717) is 5.56 Å². The van der Waals surface area contributed by atoms with Gasteiger partial charge in [0.15, 0.2) is 11.9 Å². The van der Waals surface area contributed by atoms with Gasteiger partial charge in [-0.25, -0.2) is 9.78 Å². The number of benzene rings is 1. The van der Waals surface area contributed by atoms with Gasteiger partial charge in [-0.15, -0.1) is 0 Å². The molecule has 1 aliphatic heterocycles. The molecule has 48 heteroatoms. The Morgan fingerprint density at radius 1 is 0.500 bits per heavy atom. The van der Waals surface area contributed by atoms with E-state index in [-0.39, 0.29) is 114 Å². The number of carboxylic acids is 3. The highest BCUT2D eigenvalue weighted by Gasteiger charge is 2.43. The number of hydrogen-bond donors (Lipinski definition) is 27. The van der Waals surface area contributed by atoms with Crippen molar-refractivity contribution in [2.45, 2.75) is 249 Å². The molecule has 0 aliphatic carbocycles. The number of amides is 16. The Morgan fingerprint density at radius 3 is 1.50 bits per heavy atom. The molecule has 0 bridgehead atoms. The van der Waals surface area contributed by atoms with Crippen LogP contribution in [0.4, 0.5) is 0 Å². The maximum absolute atomic E-state index is 14.7. The molecule has 0 spiro atoms. The van der Waals surface area contributed by atoms with E-state index in [4.69, 9.17) is 44.6 Å². The Kier molecular flexibility index (Phi) is 46.2. The quantitative estimate of drug-likeness (QED) is 0.0166. The average molecular weight is 1780 g/mol. The average Bonchev–Trinajstić information content (AvgIpc) is 1.62. The molecule has 0 saturated carbocycles. The zero-order valence-corrected chi connectivity index (χ0v) is 71.8. The van der Waals surface area contributed by atoms with Crippen molar-refractivity contribution in [3.8, 4) is 0 Å². The molecule has 126 heavy (non-hydrogen) atoms. The molecule has 15 atom stereocenters. The Labute approximate surface area is 726 Å². The first-order valence-electron chi connectivity index (χ1n) is 41.2. The fourth-order valence-electron chi connectivity index (χ4n) is 13.0. The number of aliphatic hydroxyl groups is 1. The number of carbonyl (C=O) groups excluding carboxylic acids is 16. The number of primary amides is 2. The van der Waals surface area contributed by atoms with Crippen molar-refractivity contribution >= 4 is 124 Å². The summed E-state index contributed by atoms with van der Waals surface area (Å²) in [7, 11) is 0. The predicted molar refractivity (Wildman–Crippen MR) is 449 cm³/mol. The Bertz CT molecular complexity index is 4100. The second kappa shape index (κ2) is 54.4. The summed E-state index contributed by atoms with van der Waals surface area (Å²) < 4.78 is 0. The summed E-state index contributed by atoms with van der Waals surface area (Å²) in [6.07, 6.45) is -1.78. The Morgan fingerprint density at radius 2 is 0.984 bits per heavy atom. The largest absolute Gasteiger partial charge is 0.481 e. The molecule has 1 aromatic heterocycles. The maximum atomic E-state index is 14.7. The van der Waals surface area contributed by atoms with Crippen molar-refractivity contribution in [1.82, 2.24) is 94.6 Å². The lowest BCUT2D eigenvalue weighted by Gasteiger charge is -2.31.